The van der Waals surface area contributed by atoms with Crippen LogP contribution in [0.2, 0.25) is 0 Å². The fourth-order valence-electron chi connectivity index (χ4n) is 2.48. The molecule has 16 heavy (non-hydrogen) atoms. The number of halogens is 3. The minimum Gasteiger partial charge on any atom is -0.308 e. The first-order valence-electron chi connectivity index (χ1n) is 6.16. The average Bonchev–Trinajstić information content (AvgIpc) is 2.16. The Hall–Kier alpha value is -0.250. The summed E-state index contributed by atoms with van der Waals surface area (Å²) in [6.45, 7) is 4.13. The molecule has 0 saturated heterocycles. The Bertz CT molecular complexity index is 193. The van der Waals surface area contributed by atoms with Gasteiger partial charge in [-0.05, 0) is 50.0 Å². The Morgan fingerprint density at radius 2 is 1.69 bits per heavy atom. The van der Waals surface area contributed by atoms with E-state index in [-0.39, 0.29) is 0 Å². The second-order valence-electron chi connectivity index (χ2n) is 5.27. The first-order chi connectivity index (χ1) is 7.38. The van der Waals surface area contributed by atoms with Crippen LogP contribution in [0.3, 0.4) is 0 Å². The van der Waals surface area contributed by atoms with E-state index in [9.17, 15) is 13.2 Å². The zero-order valence-corrected chi connectivity index (χ0v) is 10.1. The zero-order chi connectivity index (χ0) is 12.2. The van der Waals surface area contributed by atoms with E-state index in [4.69, 9.17) is 0 Å². The van der Waals surface area contributed by atoms with E-state index >= 15 is 0 Å². The van der Waals surface area contributed by atoms with Crippen molar-refractivity contribution < 1.29 is 13.2 Å². The Morgan fingerprint density at radius 1 is 1.12 bits per heavy atom. The lowest BCUT2D eigenvalue weighted by molar-refractivity contribution is -0.125. The van der Waals surface area contributed by atoms with Gasteiger partial charge in [-0.15, -0.1) is 0 Å². The molecule has 1 aliphatic rings. The third kappa shape index (κ3) is 5.19. The second-order valence-corrected chi connectivity index (χ2v) is 5.27. The van der Waals surface area contributed by atoms with Gasteiger partial charge in [0, 0.05) is 0 Å². The predicted molar refractivity (Wildman–Crippen MR) is 59.2 cm³/mol. The number of alkyl halides is 3. The highest BCUT2D eigenvalue weighted by atomic mass is 19.4. The highest BCUT2D eigenvalue weighted by Crippen LogP contribution is 2.32. The lowest BCUT2D eigenvalue weighted by Gasteiger charge is -2.31. The lowest BCUT2D eigenvalue weighted by Crippen LogP contribution is -2.34. The molecule has 1 N–H and O–H groups in total. The molecular formula is C12H22F3N. The van der Waals surface area contributed by atoms with Gasteiger partial charge in [-0.1, -0.05) is 13.8 Å². The van der Waals surface area contributed by atoms with Crippen LogP contribution in [0.5, 0.6) is 0 Å². The van der Waals surface area contributed by atoms with E-state index in [1.54, 1.807) is 0 Å². The van der Waals surface area contributed by atoms with Gasteiger partial charge in [0.15, 0.2) is 0 Å². The molecule has 0 aromatic heterocycles. The van der Waals surface area contributed by atoms with Crippen LogP contribution in [-0.2, 0) is 0 Å². The third-order valence-electron chi connectivity index (χ3n) is 3.59. The zero-order valence-electron chi connectivity index (χ0n) is 10.1. The summed E-state index contributed by atoms with van der Waals surface area (Å²) in [4.78, 5) is 0. The molecule has 1 nitrogen and oxygen atoms in total. The van der Waals surface area contributed by atoms with E-state index in [2.05, 4.69) is 19.2 Å². The van der Waals surface area contributed by atoms with Crippen LogP contribution in [0.25, 0.3) is 0 Å². The summed E-state index contributed by atoms with van der Waals surface area (Å²) in [7, 11) is 0. The molecule has 96 valence electrons. The van der Waals surface area contributed by atoms with Crippen molar-refractivity contribution in [3.8, 4) is 0 Å². The Labute approximate surface area is 95.8 Å². The molecule has 0 aliphatic heterocycles. The summed E-state index contributed by atoms with van der Waals surface area (Å²) in [6.07, 6.45) is 0.433. The lowest BCUT2D eigenvalue weighted by atomic mass is 9.77. The summed E-state index contributed by atoms with van der Waals surface area (Å²) < 4.78 is 35.7. The van der Waals surface area contributed by atoms with Crippen LogP contribution in [-0.4, -0.2) is 19.3 Å². The standard InChI is InChI=1S/C12H22F3N/c1-9(2)11-5-3-10(4-6-11)7-16-8-12(13,14)15/h9-11,16H,3-8H2,1-2H3. The van der Waals surface area contributed by atoms with Gasteiger partial charge in [-0.25, -0.2) is 0 Å². The minimum absolute atomic E-state index is 0.442. The van der Waals surface area contributed by atoms with Gasteiger partial charge in [0.25, 0.3) is 0 Å². The van der Waals surface area contributed by atoms with E-state index in [0.717, 1.165) is 18.8 Å². The molecule has 0 amide bonds. The quantitative estimate of drug-likeness (QED) is 0.787. The molecule has 1 rings (SSSR count). The summed E-state index contributed by atoms with van der Waals surface area (Å²) in [5.41, 5.74) is 0. The normalized spacial score (nSPS) is 27.4. The summed E-state index contributed by atoms with van der Waals surface area (Å²) in [6, 6.07) is 0. The van der Waals surface area contributed by atoms with Gasteiger partial charge >= 0.3 is 6.18 Å². The van der Waals surface area contributed by atoms with Crippen molar-refractivity contribution in [3.63, 3.8) is 0 Å². The van der Waals surface area contributed by atoms with E-state index in [1.807, 2.05) is 0 Å². The highest BCUT2D eigenvalue weighted by molar-refractivity contribution is 4.76. The number of hydrogen-bond donors (Lipinski definition) is 1. The Balaban J connectivity index is 2.13. The smallest absolute Gasteiger partial charge is 0.308 e. The first-order valence-corrected chi connectivity index (χ1v) is 6.16. The van der Waals surface area contributed by atoms with Gasteiger partial charge in [0.2, 0.25) is 0 Å². The molecule has 0 aromatic rings. The van der Waals surface area contributed by atoms with Crippen molar-refractivity contribution in [1.82, 2.24) is 5.32 Å². The highest BCUT2D eigenvalue weighted by Gasteiger charge is 2.28. The molecule has 0 unspecified atom stereocenters. The fourth-order valence-corrected chi connectivity index (χ4v) is 2.48. The molecule has 0 spiro atoms. The molecule has 1 fully saturated rings. The average molecular weight is 237 g/mol. The van der Waals surface area contributed by atoms with E-state index in [1.165, 1.54) is 12.8 Å². The molecular weight excluding hydrogens is 215 g/mol. The monoisotopic (exact) mass is 237 g/mol. The topological polar surface area (TPSA) is 12.0 Å². The molecule has 1 saturated carbocycles. The number of hydrogen-bond acceptors (Lipinski definition) is 1. The van der Waals surface area contributed by atoms with Gasteiger partial charge in [-0.3, -0.25) is 0 Å². The van der Waals surface area contributed by atoms with Crippen LogP contribution in [0.4, 0.5) is 13.2 Å². The largest absolute Gasteiger partial charge is 0.401 e. The van der Waals surface area contributed by atoms with E-state index < -0.39 is 12.7 Å². The van der Waals surface area contributed by atoms with Gasteiger partial charge in [0.1, 0.15) is 0 Å². The van der Waals surface area contributed by atoms with E-state index in [0.29, 0.717) is 18.4 Å². The van der Waals surface area contributed by atoms with Gasteiger partial charge < -0.3 is 5.32 Å². The van der Waals surface area contributed by atoms with Crippen molar-refractivity contribution in [1.29, 1.82) is 0 Å². The third-order valence-corrected chi connectivity index (χ3v) is 3.59. The maximum absolute atomic E-state index is 11.9. The van der Waals surface area contributed by atoms with Crippen molar-refractivity contribution >= 4 is 0 Å². The SMILES string of the molecule is CC(C)C1CCC(CNCC(F)(F)F)CC1. The molecule has 0 radical (unpaired) electrons. The molecule has 0 bridgehead atoms. The predicted octanol–water partition coefficient (Wildman–Crippen LogP) is 3.60. The van der Waals surface area contributed by atoms with Crippen molar-refractivity contribution in [2.75, 3.05) is 13.1 Å². The number of rotatable bonds is 4. The summed E-state index contributed by atoms with van der Waals surface area (Å²) in [5.74, 6) is 1.93. The van der Waals surface area contributed by atoms with Crippen molar-refractivity contribution in [2.45, 2.75) is 45.7 Å². The Kier molecular flexibility index (Phi) is 5.09. The molecule has 0 aromatic carbocycles. The second kappa shape index (κ2) is 5.89. The summed E-state index contributed by atoms with van der Waals surface area (Å²) >= 11 is 0. The molecule has 0 atom stereocenters. The Morgan fingerprint density at radius 3 is 2.12 bits per heavy atom. The minimum atomic E-state index is -4.07. The van der Waals surface area contributed by atoms with Crippen molar-refractivity contribution in [2.24, 2.45) is 17.8 Å². The maximum Gasteiger partial charge on any atom is 0.401 e. The maximum atomic E-state index is 11.9. The molecule has 1 aliphatic carbocycles. The first kappa shape index (κ1) is 13.8. The van der Waals surface area contributed by atoms with Crippen LogP contribution >= 0.6 is 0 Å². The van der Waals surface area contributed by atoms with Crippen LogP contribution in [0.15, 0.2) is 0 Å². The van der Waals surface area contributed by atoms with Crippen molar-refractivity contribution in [3.05, 3.63) is 0 Å². The molecule has 4 heteroatoms. The van der Waals surface area contributed by atoms with Crippen LogP contribution in [0, 0.1) is 17.8 Å². The number of nitrogens with one attached hydrogen (secondary N) is 1. The van der Waals surface area contributed by atoms with Crippen LogP contribution < -0.4 is 5.32 Å². The van der Waals surface area contributed by atoms with Crippen LogP contribution in [0.1, 0.15) is 39.5 Å². The van der Waals surface area contributed by atoms with Gasteiger partial charge in [0.05, 0.1) is 6.54 Å². The molecule has 0 heterocycles. The summed E-state index contributed by atoms with van der Waals surface area (Å²) in [5, 5.41) is 2.51. The van der Waals surface area contributed by atoms with Gasteiger partial charge in [-0.2, -0.15) is 13.2 Å². The fraction of sp³-hybridized carbons (Fsp3) is 1.00.